The molecule has 0 aliphatic carbocycles. The molecule has 1 unspecified atom stereocenters. The fourth-order valence-electron chi connectivity index (χ4n) is 2.84. The van der Waals surface area contributed by atoms with Gasteiger partial charge in [0.15, 0.2) is 24.0 Å². The third-order valence-electron chi connectivity index (χ3n) is 4.03. The Labute approximate surface area is 138 Å². The summed E-state index contributed by atoms with van der Waals surface area (Å²) in [5, 5.41) is 4.55. The van der Waals surface area contributed by atoms with Crippen molar-refractivity contribution in [3.8, 4) is 0 Å². The number of nitrogens with one attached hydrogen (secondary N) is 3. The second-order valence-corrected chi connectivity index (χ2v) is 6.18. The number of benzene rings is 1. The van der Waals surface area contributed by atoms with Crippen LogP contribution >= 0.6 is 0 Å². The van der Waals surface area contributed by atoms with Crippen LogP contribution in [0, 0.1) is 23.4 Å². The lowest BCUT2D eigenvalue weighted by atomic mass is 10.0. The third kappa shape index (κ3) is 4.95. The number of halogens is 3. The number of anilines is 1. The maximum atomic E-state index is 13.4. The van der Waals surface area contributed by atoms with Gasteiger partial charge in [-0.3, -0.25) is 9.59 Å². The van der Waals surface area contributed by atoms with Crippen LogP contribution in [0.1, 0.15) is 19.8 Å². The molecule has 0 aromatic heterocycles. The number of quaternary nitrogens is 1. The first-order chi connectivity index (χ1) is 11.4. The fourth-order valence-corrected chi connectivity index (χ4v) is 2.84. The predicted molar refractivity (Wildman–Crippen MR) is 81.9 cm³/mol. The SMILES string of the molecule is C[C@@H]1CCC[NH+](CC(=O)NCC(=O)Nc2ccc(F)c(F)c2F)C1. The van der Waals surface area contributed by atoms with E-state index in [0.717, 1.165) is 32.0 Å². The van der Waals surface area contributed by atoms with Crippen molar-refractivity contribution in [2.75, 3.05) is 31.5 Å². The van der Waals surface area contributed by atoms with Gasteiger partial charge in [-0.25, -0.2) is 13.2 Å². The molecule has 1 aromatic carbocycles. The molecular weight excluding hydrogens is 323 g/mol. The fraction of sp³-hybridized carbons (Fsp3) is 0.500. The standard InChI is InChI=1S/C16H20F3N3O2/c1-10-3-2-6-22(8-10)9-14(24)20-7-13(23)21-12-5-4-11(17)15(18)16(12)19/h4-5,10H,2-3,6-9H2,1H3,(H,20,24)(H,21,23)/p+1/t10-/m1/s1. The molecule has 24 heavy (non-hydrogen) atoms. The van der Waals surface area contributed by atoms with Gasteiger partial charge < -0.3 is 15.5 Å². The highest BCUT2D eigenvalue weighted by atomic mass is 19.2. The van der Waals surface area contributed by atoms with Gasteiger partial charge in [0.25, 0.3) is 5.91 Å². The first-order valence-electron chi connectivity index (χ1n) is 7.90. The van der Waals surface area contributed by atoms with Crippen LogP contribution in [0.15, 0.2) is 12.1 Å². The van der Waals surface area contributed by atoms with Gasteiger partial charge in [-0.05, 0) is 25.0 Å². The van der Waals surface area contributed by atoms with Crippen molar-refractivity contribution in [2.45, 2.75) is 19.8 Å². The Bertz CT molecular complexity index is 625. The van der Waals surface area contributed by atoms with Gasteiger partial charge in [-0.2, -0.15) is 0 Å². The minimum atomic E-state index is -1.65. The van der Waals surface area contributed by atoms with Crippen LogP contribution in [-0.2, 0) is 9.59 Å². The zero-order valence-electron chi connectivity index (χ0n) is 13.4. The van der Waals surface area contributed by atoms with E-state index in [-0.39, 0.29) is 19.0 Å². The van der Waals surface area contributed by atoms with Crippen LogP contribution in [0.2, 0.25) is 0 Å². The molecule has 2 amide bonds. The Morgan fingerprint density at radius 2 is 1.96 bits per heavy atom. The molecule has 5 nitrogen and oxygen atoms in total. The summed E-state index contributed by atoms with van der Waals surface area (Å²) in [5.74, 6) is -4.88. The number of hydrogen-bond acceptors (Lipinski definition) is 2. The van der Waals surface area contributed by atoms with Gasteiger partial charge in [-0.1, -0.05) is 6.92 Å². The van der Waals surface area contributed by atoms with Gasteiger partial charge in [0.1, 0.15) is 0 Å². The summed E-state index contributed by atoms with van der Waals surface area (Å²) in [6.07, 6.45) is 2.23. The molecule has 0 radical (unpaired) electrons. The highest BCUT2D eigenvalue weighted by Gasteiger charge is 2.22. The van der Waals surface area contributed by atoms with Crippen LogP contribution in [-0.4, -0.2) is 38.0 Å². The van der Waals surface area contributed by atoms with E-state index in [1.54, 1.807) is 0 Å². The van der Waals surface area contributed by atoms with Crippen molar-refractivity contribution in [2.24, 2.45) is 5.92 Å². The van der Waals surface area contributed by atoms with Gasteiger partial charge in [0.05, 0.1) is 25.3 Å². The molecule has 0 spiro atoms. The van der Waals surface area contributed by atoms with Crippen LogP contribution < -0.4 is 15.5 Å². The molecule has 1 heterocycles. The topological polar surface area (TPSA) is 62.6 Å². The normalized spacial score (nSPS) is 20.5. The highest BCUT2D eigenvalue weighted by molar-refractivity contribution is 5.94. The number of carbonyl (C=O) groups excluding carboxylic acids is 2. The Kier molecular flexibility index (Phi) is 6.19. The van der Waals surface area contributed by atoms with Crippen molar-refractivity contribution < 1.29 is 27.7 Å². The summed E-state index contributed by atoms with van der Waals surface area (Å²) in [6, 6.07) is 1.64. The minimum absolute atomic E-state index is 0.275. The molecule has 1 aliphatic heterocycles. The van der Waals surface area contributed by atoms with Crippen molar-refractivity contribution >= 4 is 17.5 Å². The monoisotopic (exact) mass is 344 g/mol. The van der Waals surface area contributed by atoms with E-state index >= 15 is 0 Å². The van der Waals surface area contributed by atoms with Gasteiger partial charge in [-0.15, -0.1) is 0 Å². The lowest BCUT2D eigenvalue weighted by Crippen LogP contribution is -3.14. The van der Waals surface area contributed by atoms with Crippen LogP contribution in [0.5, 0.6) is 0 Å². The Morgan fingerprint density at radius 1 is 1.21 bits per heavy atom. The Hall–Kier alpha value is -2.09. The molecule has 8 heteroatoms. The van der Waals surface area contributed by atoms with Crippen molar-refractivity contribution in [1.29, 1.82) is 0 Å². The first-order valence-corrected chi connectivity index (χ1v) is 7.90. The summed E-state index contributed by atoms with van der Waals surface area (Å²) in [4.78, 5) is 24.7. The van der Waals surface area contributed by atoms with Crippen molar-refractivity contribution in [3.05, 3.63) is 29.6 Å². The largest absolute Gasteiger partial charge is 0.342 e. The molecule has 1 aromatic rings. The van der Waals surface area contributed by atoms with E-state index in [0.29, 0.717) is 12.0 Å². The number of carbonyl (C=O) groups is 2. The molecule has 1 aliphatic rings. The summed E-state index contributed by atoms with van der Waals surface area (Å²) in [5.41, 5.74) is -0.469. The second kappa shape index (κ2) is 8.14. The minimum Gasteiger partial charge on any atom is -0.342 e. The zero-order valence-corrected chi connectivity index (χ0v) is 13.4. The number of piperidine rings is 1. The van der Waals surface area contributed by atoms with E-state index in [9.17, 15) is 22.8 Å². The third-order valence-corrected chi connectivity index (χ3v) is 4.03. The predicted octanol–water partition coefficient (Wildman–Crippen LogP) is 0.473. The molecule has 2 atom stereocenters. The molecule has 3 N–H and O–H groups in total. The molecule has 2 rings (SSSR count). The van der Waals surface area contributed by atoms with Gasteiger partial charge in [0, 0.05) is 5.92 Å². The van der Waals surface area contributed by atoms with E-state index in [2.05, 4.69) is 17.6 Å². The lowest BCUT2D eigenvalue weighted by molar-refractivity contribution is -0.900. The molecule has 1 fully saturated rings. The maximum Gasteiger partial charge on any atom is 0.275 e. The Balaban J connectivity index is 1.78. The van der Waals surface area contributed by atoms with Crippen molar-refractivity contribution in [1.82, 2.24) is 5.32 Å². The smallest absolute Gasteiger partial charge is 0.275 e. The quantitative estimate of drug-likeness (QED) is 0.680. The molecule has 132 valence electrons. The van der Waals surface area contributed by atoms with Crippen molar-refractivity contribution in [3.63, 3.8) is 0 Å². The molecule has 0 bridgehead atoms. The number of likely N-dealkylation sites (tertiary alicyclic amines) is 1. The summed E-state index contributed by atoms with van der Waals surface area (Å²) >= 11 is 0. The van der Waals surface area contributed by atoms with E-state index in [1.807, 2.05) is 0 Å². The van der Waals surface area contributed by atoms with Crippen LogP contribution in [0.3, 0.4) is 0 Å². The zero-order chi connectivity index (χ0) is 17.7. The summed E-state index contributed by atoms with van der Waals surface area (Å²) < 4.78 is 39.3. The highest BCUT2D eigenvalue weighted by Crippen LogP contribution is 2.19. The first kappa shape index (κ1) is 18.3. The molecule has 1 saturated heterocycles. The lowest BCUT2D eigenvalue weighted by Gasteiger charge is -2.27. The van der Waals surface area contributed by atoms with E-state index in [4.69, 9.17) is 0 Å². The molecular formula is C16H21F3N3O2+. The second-order valence-electron chi connectivity index (χ2n) is 6.18. The number of amides is 2. The summed E-state index contributed by atoms with van der Waals surface area (Å²) in [6.45, 7) is 3.89. The van der Waals surface area contributed by atoms with Crippen LogP contribution in [0.25, 0.3) is 0 Å². The van der Waals surface area contributed by atoms with E-state index < -0.39 is 29.0 Å². The van der Waals surface area contributed by atoms with E-state index in [1.165, 1.54) is 4.90 Å². The average molecular weight is 344 g/mol. The number of hydrogen-bond donors (Lipinski definition) is 3. The van der Waals surface area contributed by atoms with Crippen LogP contribution in [0.4, 0.5) is 18.9 Å². The molecule has 0 saturated carbocycles. The maximum absolute atomic E-state index is 13.4. The summed E-state index contributed by atoms with van der Waals surface area (Å²) in [7, 11) is 0. The Morgan fingerprint density at radius 3 is 2.67 bits per heavy atom. The average Bonchev–Trinajstić information content (AvgIpc) is 2.53. The number of rotatable bonds is 5. The van der Waals surface area contributed by atoms with Gasteiger partial charge in [0.2, 0.25) is 5.91 Å². The van der Waals surface area contributed by atoms with Gasteiger partial charge >= 0.3 is 0 Å².